The van der Waals surface area contributed by atoms with E-state index in [4.69, 9.17) is 34.8 Å². The Labute approximate surface area is 106 Å². The summed E-state index contributed by atoms with van der Waals surface area (Å²) in [6, 6.07) is 8.80. The number of hydrogen-bond donors (Lipinski definition) is 0. The molecule has 0 aliphatic heterocycles. The summed E-state index contributed by atoms with van der Waals surface area (Å²) in [5.41, 5.74) is 4.24. The van der Waals surface area contributed by atoms with Crippen molar-refractivity contribution in [2.24, 2.45) is 0 Å². The summed E-state index contributed by atoms with van der Waals surface area (Å²) < 4.78 is 0.0895. The summed E-state index contributed by atoms with van der Waals surface area (Å²) in [6.45, 7) is 0. The van der Waals surface area contributed by atoms with Crippen LogP contribution in [0.15, 0.2) is 34.3 Å². The smallest absolute Gasteiger partial charge is 0.0904 e. The van der Waals surface area contributed by atoms with E-state index in [9.17, 15) is 0 Å². The topological polar surface area (TPSA) is 0 Å². The average Bonchev–Trinajstić information content (AvgIpc) is 2.30. The summed E-state index contributed by atoms with van der Waals surface area (Å²) in [7, 11) is 0. The lowest BCUT2D eigenvalue weighted by Gasteiger charge is -2.13. The van der Waals surface area contributed by atoms with Crippen LogP contribution >= 0.6 is 34.8 Å². The van der Waals surface area contributed by atoms with Crippen LogP contribution in [0.4, 0.5) is 0 Å². The first-order valence-electron chi connectivity index (χ1n) is 4.92. The molecule has 0 aromatic heterocycles. The normalized spacial score (nSPS) is 13.3. The number of rotatable bonds is 0. The highest BCUT2D eigenvalue weighted by Crippen LogP contribution is 2.19. The van der Waals surface area contributed by atoms with Crippen molar-refractivity contribution in [3.8, 4) is 0 Å². The van der Waals surface area contributed by atoms with E-state index in [1.807, 2.05) is 0 Å². The third-order valence-corrected chi connectivity index (χ3v) is 3.00. The molecule has 0 atom stereocenters. The third-order valence-electron chi connectivity index (χ3n) is 2.34. The molecule has 0 nitrogen and oxygen atoms in total. The molecule has 0 N–H and O–H groups in total. The van der Waals surface area contributed by atoms with Crippen molar-refractivity contribution in [3.05, 3.63) is 45.4 Å². The molecule has 1 aromatic carbocycles. The molecule has 82 valence electrons. The molecular formula is C12H13Cl3. The number of benzene rings is 1. The monoisotopic (exact) mass is 262 g/mol. The van der Waals surface area contributed by atoms with Gasteiger partial charge in [0.25, 0.3) is 0 Å². The van der Waals surface area contributed by atoms with Gasteiger partial charge in [-0.15, -0.1) is 0 Å². The average molecular weight is 264 g/mol. The lowest BCUT2D eigenvalue weighted by Crippen LogP contribution is -2.00. The molecule has 0 bridgehead atoms. The number of hydrogen-bond acceptors (Lipinski definition) is 0. The number of aryl methyl sites for hydroxylation is 2. The fourth-order valence-electron chi connectivity index (χ4n) is 1.68. The van der Waals surface area contributed by atoms with Crippen molar-refractivity contribution < 1.29 is 0 Å². The van der Waals surface area contributed by atoms with Gasteiger partial charge in [-0.3, -0.25) is 0 Å². The summed E-state index contributed by atoms with van der Waals surface area (Å²) in [5.74, 6) is 0. The first kappa shape index (κ1) is 12.9. The second-order valence-corrected chi connectivity index (χ2v) is 4.60. The first-order valence-corrected chi connectivity index (χ1v) is 6.11. The Morgan fingerprint density at radius 1 is 1.00 bits per heavy atom. The Balaban J connectivity index is 0.000000195. The number of halogens is 3. The van der Waals surface area contributed by atoms with Crippen LogP contribution < -0.4 is 0 Å². The molecule has 0 amide bonds. The van der Waals surface area contributed by atoms with E-state index in [1.54, 1.807) is 11.1 Å². The maximum absolute atomic E-state index is 4.96. The fraction of sp³-hybridized carbons (Fsp3) is 0.333. The molecule has 2 rings (SSSR count). The number of fused-ring (bicyclic) bond motifs is 1. The van der Waals surface area contributed by atoms with E-state index < -0.39 is 0 Å². The van der Waals surface area contributed by atoms with Crippen LogP contribution in [0.1, 0.15) is 24.0 Å². The van der Waals surface area contributed by atoms with Gasteiger partial charge in [0.15, 0.2) is 0 Å². The van der Waals surface area contributed by atoms with Gasteiger partial charge in [0.2, 0.25) is 0 Å². The Hall–Kier alpha value is -0.170. The van der Waals surface area contributed by atoms with Crippen molar-refractivity contribution >= 4 is 34.8 Å². The second-order valence-electron chi connectivity index (χ2n) is 3.37. The van der Waals surface area contributed by atoms with Crippen LogP contribution in [-0.2, 0) is 12.8 Å². The maximum atomic E-state index is 4.96. The van der Waals surface area contributed by atoms with E-state index in [0.29, 0.717) is 0 Å². The molecule has 1 aliphatic carbocycles. The highest BCUT2D eigenvalue weighted by molar-refractivity contribution is 6.58. The molecule has 15 heavy (non-hydrogen) atoms. The van der Waals surface area contributed by atoms with Crippen molar-refractivity contribution in [1.82, 2.24) is 0 Å². The van der Waals surface area contributed by atoms with Gasteiger partial charge in [0, 0.05) is 5.54 Å². The van der Waals surface area contributed by atoms with Gasteiger partial charge in [-0.1, -0.05) is 59.1 Å². The molecule has 0 saturated heterocycles. The largest absolute Gasteiger partial charge is 0.118 e. The molecule has 0 spiro atoms. The molecule has 0 saturated carbocycles. The van der Waals surface area contributed by atoms with Gasteiger partial charge in [0.1, 0.15) is 4.49 Å². The van der Waals surface area contributed by atoms with Gasteiger partial charge in [-0.25, -0.2) is 0 Å². The highest BCUT2D eigenvalue weighted by Gasteiger charge is 2.05. The van der Waals surface area contributed by atoms with Crippen LogP contribution in [0.5, 0.6) is 0 Å². The standard InChI is InChI=1S/C10H12.C2HCl3/c1-2-6-10-8-4-3-7-9(10)5-1;3-1-2(4)5/h1-2,5-6H,3-4,7-8H2;1H. The van der Waals surface area contributed by atoms with Gasteiger partial charge in [0.05, 0.1) is 0 Å². The quantitative estimate of drug-likeness (QED) is 0.613. The van der Waals surface area contributed by atoms with Crippen LogP contribution in [0.2, 0.25) is 0 Å². The minimum absolute atomic E-state index is 0.0895. The van der Waals surface area contributed by atoms with E-state index in [1.165, 1.54) is 25.7 Å². The Bertz CT molecular complexity index is 302. The zero-order valence-electron chi connectivity index (χ0n) is 8.35. The maximum Gasteiger partial charge on any atom is 0.118 e. The van der Waals surface area contributed by atoms with E-state index in [-0.39, 0.29) is 4.49 Å². The zero-order valence-corrected chi connectivity index (χ0v) is 10.6. The summed E-state index contributed by atoms with van der Waals surface area (Å²) in [5, 5.41) is 0. The Morgan fingerprint density at radius 3 is 1.73 bits per heavy atom. The Morgan fingerprint density at radius 2 is 1.40 bits per heavy atom. The van der Waals surface area contributed by atoms with Crippen molar-refractivity contribution in [2.45, 2.75) is 25.7 Å². The molecule has 3 heteroatoms. The highest BCUT2D eigenvalue weighted by atomic mass is 35.5. The molecular weight excluding hydrogens is 250 g/mol. The predicted octanol–water partition coefficient (Wildman–Crippen LogP) is 5.07. The molecule has 1 aliphatic rings. The molecule has 0 radical (unpaired) electrons. The van der Waals surface area contributed by atoms with Crippen LogP contribution in [0.3, 0.4) is 0 Å². The van der Waals surface area contributed by atoms with Gasteiger partial charge in [-0.2, -0.15) is 0 Å². The summed E-state index contributed by atoms with van der Waals surface area (Å²) in [6.07, 6.45) is 5.38. The molecule has 0 heterocycles. The van der Waals surface area contributed by atoms with Gasteiger partial charge >= 0.3 is 0 Å². The van der Waals surface area contributed by atoms with E-state index >= 15 is 0 Å². The van der Waals surface area contributed by atoms with Crippen LogP contribution in [0.25, 0.3) is 0 Å². The second kappa shape index (κ2) is 7.16. The summed E-state index contributed by atoms with van der Waals surface area (Å²) in [4.78, 5) is 0. The molecule has 1 aromatic rings. The van der Waals surface area contributed by atoms with E-state index in [0.717, 1.165) is 5.54 Å². The van der Waals surface area contributed by atoms with Gasteiger partial charge < -0.3 is 0 Å². The predicted molar refractivity (Wildman–Crippen MR) is 68.7 cm³/mol. The molecule has 0 fully saturated rings. The van der Waals surface area contributed by atoms with Crippen molar-refractivity contribution in [2.75, 3.05) is 0 Å². The minimum Gasteiger partial charge on any atom is -0.0904 e. The van der Waals surface area contributed by atoms with Crippen LogP contribution in [0, 0.1) is 0 Å². The first-order chi connectivity index (χ1) is 7.24. The zero-order chi connectivity index (χ0) is 11.1. The Kier molecular flexibility index (Phi) is 6.16. The van der Waals surface area contributed by atoms with Crippen molar-refractivity contribution in [3.63, 3.8) is 0 Å². The van der Waals surface area contributed by atoms with Crippen molar-refractivity contribution in [1.29, 1.82) is 0 Å². The lowest BCUT2D eigenvalue weighted by atomic mass is 9.92. The van der Waals surface area contributed by atoms with Crippen LogP contribution in [-0.4, -0.2) is 0 Å². The third kappa shape index (κ3) is 4.92. The minimum atomic E-state index is 0.0895. The van der Waals surface area contributed by atoms with E-state index in [2.05, 4.69) is 24.3 Å². The molecule has 0 unspecified atom stereocenters. The lowest BCUT2D eigenvalue weighted by molar-refractivity contribution is 0.685. The van der Waals surface area contributed by atoms with Gasteiger partial charge in [-0.05, 0) is 36.8 Å². The summed E-state index contributed by atoms with van der Waals surface area (Å²) >= 11 is 14.8. The SMILES string of the molecule is ClC=C(Cl)Cl.c1ccc2c(c1)CCCC2. The fourth-order valence-corrected chi connectivity index (χ4v) is 1.68.